The molecule has 0 radical (unpaired) electrons. The average molecular weight is 618 g/mol. The van der Waals surface area contributed by atoms with Gasteiger partial charge in [0.15, 0.2) is 11.5 Å². The van der Waals surface area contributed by atoms with Crippen LogP contribution in [0.5, 0.6) is 11.5 Å². The maximum Gasteiger partial charge on any atom is 0.247 e. The van der Waals surface area contributed by atoms with Crippen LogP contribution in [0, 0.1) is 0 Å². The van der Waals surface area contributed by atoms with Gasteiger partial charge in [-0.15, -0.1) is 6.58 Å². The number of aliphatic hydroxyl groups is 2. The predicted octanol–water partition coefficient (Wildman–Crippen LogP) is 4.21. The molecule has 1 aliphatic carbocycles. The highest BCUT2D eigenvalue weighted by Gasteiger charge is 2.51. The van der Waals surface area contributed by atoms with Gasteiger partial charge in [0.1, 0.15) is 18.5 Å². The Bertz CT molecular complexity index is 1380. The van der Waals surface area contributed by atoms with Crippen molar-refractivity contribution in [1.82, 2.24) is 10.2 Å². The number of halogens is 2. The van der Waals surface area contributed by atoms with Crippen molar-refractivity contribution in [2.45, 2.75) is 56.4 Å². The highest BCUT2D eigenvalue weighted by molar-refractivity contribution is 6.35. The van der Waals surface area contributed by atoms with E-state index in [9.17, 15) is 24.6 Å². The first-order valence-electron chi connectivity index (χ1n) is 13.7. The van der Waals surface area contributed by atoms with Crippen LogP contribution in [0.15, 0.2) is 54.6 Å². The molecule has 4 rings (SSSR count). The molecule has 0 aromatic heterocycles. The Labute approximate surface area is 254 Å². The molecule has 2 aliphatic rings. The van der Waals surface area contributed by atoms with E-state index in [1.807, 2.05) is 0 Å². The van der Waals surface area contributed by atoms with E-state index in [1.54, 1.807) is 36.4 Å². The van der Waals surface area contributed by atoms with Crippen LogP contribution in [-0.2, 0) is 16.1 Å². The molecule has 4 unspecified atom stereocenters. The highest BCUT2D eigenvalue weighted by Crippen LogP contribution is 2.51. The number of methoxy groups -OCH3 is 1. The number of hydrogen-bond acceptors (Lipinski definition) is 7. The van der Waals surface area contributed by atoms with Crippen LogP contribution in [0.3, 0.4) is 0 Å². The van der Waals surface area contributed by atoms with Gasteiger partial charge >= 0.3 is 0 Å². The van der Waals surface area contributed by atoms with Crippen LogP contribution in [-0.4, -0.2) is 71.7 Å². The molecule has 0 saturated heterocycles. The quantitative estimate of drug-likeness (QED) is 0.175. The van der Waals surface area contributed by atoms with Crippen LogP contribution in [0.2, 0.25) is 10.0 Å². The fourth-order valence-electron chi connectivity index (χ4n) is 5.46. The fourth-order valence-corrected chi connectivity index (χ4v) is 5.93. The lowest BCUT2D eigenvalue weighted by Gasteiger charge is -2.41. The van der Waals surface area contributed by atoms with E-state index in [1.165, 1.54) is 18.1 Å². The van der Waals surface area contributed by atoms with E-state index in [-0.39, 0.29) is 43.3 Å². The van der Waals surface area contributed by atoms with Crippen LogP contribution in [0.25, 0.3) is 0 Å². The second-order valence-electron chi connectivity index (χ2n) is 10.2. The number of carbonyl (C=O) groups is 3. The summed E-state index contributed by atoms with van der Waals surface area (Å²) in [7, 11) is 1.43. The first-order chi connectivity index (χ1) is 20.2. The monoisotopic (exact) mass is 616 g/mol. The first-order valence-corrected chi connectivity index (χ1v) is 14.5. The second-order valence-corrected chi connectivity index (χ2v) is 11.0. The van der Waals surface area contributed by atoms with Gasteiger partial charge in [0.2, 0.25) is 11.8 Å². The van der Waals surface area contributed by atoms with Crippen molar-refractivity contribution >= 4 is 41.3 Å². The third-order valence-electron chi connectivity index (χ3n) is 7.50. The number of nitrogens with one attached hydrogen (secondary N) is 1. The summed E-state index contributed by atoms with van der Waals surface area (Å²) in [5.74, 6) is -0.906. The molecule has 0 saturated carbocycles. The number of carbonyl (C=O) groups excluding carboxylic acids is 3. The Kier molecular flexibility index (Phi) is 10.7. The highest BCUT2D eigenvalue weighted by atomic mass is 35.5. The molecule has 3 N–H and O–H groups in total. The van der Waals surface area contributed by atoms with Crippen molar-refractivity contribution in [1.29, 1.82) is 0 Å². The number of hydrogen-bond donors (Lipinski definition) is 3. The van der Waals surface area contributed by atoms with Crippen molar-refractivity contribution in [3.63, 3.8) is 0 Å². The standard InChI is InChI=1S/C31H34Cl2N2O7/c1-3-4-5-6-7-26(38)35(16-19-8-9-20(32)14-23(19)33)24-15-22(31(40)34-10-11-36)27-21-12-18(17-37)13-25(41-2)29(21)42-30(27)28(24)39/h3,8-9,12-15,17,24,27-28,30,36,39H,1,4-7,10-11,16H2,2H3,(H,34,40). The van der Waals surface area contributed by atoms with Crippen molar-refractivity contribution in [3.8, 4) is 11.5 Å². The van der Waals surface area contributed by atoms with Crippen molar-refractivity contribution in [2.75, 3.05) is 20.3 Å². The summed E-state index contributed by atoms with van der Waals surface area (Å²) < 4.78 is 11.7. The van der Waals surface area contributed by atoms with Gasteiger partial charge in [-0.05, 0) is 55.2 Å². The molecule has 42 heavy (non-hydrogen) atoms. The lowest BCUT2D eigenvalue weighted by atomic mass is 9.77. The zero-order chi connectivity index (χ0) is 30.4. The van der Waals surface area contributed by atoms with Gasteiger partial charge in [0.25, 0.3) is 0 Å². The molecule has 2 amide bonds. The maximum atomic E-state index is 13.7. The molecule has 1 heterocycles. The van der Waals surface area contributed by atoms with Crippen molar-refractivity contribution < 1.29 is 34.1 Å². The van der Waals surface area contributed by atoms with Crippen LogP contribution in [0.1, 0.15) is 53.1 Å². The molecule has 1 aliphatic heterocycles. The number of rotatable bonds is 13. The van der Waals surface area contributed by atoms with Gasteiger partial charge in [0, 0.05) is 46.3 Å². The Morgan fingerprint density at radius 2 is 2.00 bits per heavy atom. The van der Waals surface area contributed by atoms with E-state index >= 15 is 0 Å². The molecule has 224 valence electrons. The Hall–Kier alpha value is -3.37. The van der Waals surface area contributed by atoms with Crippen LogP contribution < -0.4 is 14.8 Å². The summed E-state index contributed by atoms with van der Waals surface area (Å²) in [6.45, 7) is 3.49. The van der Waals surface area contributed by atoms with Crippen molar-refractivity contribution in [2.24, 2.45) is 0 Å². The number of amides is 2. The zero-order valence-corrected chi connectivity index (χ0v) is 24.7. The number of aldehydes is 1. The van der Waals surface area contributed by atoms with E-state index < -0.39 is 30.1 Å². The Balaban J connectivity index is 1.80. The van der Waals surface area contributed by atoms with Crippen molar-refractivity contribution in [3.05, 3.63) is 81.4 Å². The van der Waals surface area contributed by atoms with Crippen LogP contribution in [0.4, 0.5) is 0 Å². The van der Waals surface area contributed by atoms with E-state index in [4.69, 9.17) is 32.7 Å². The molecule has 2 aromatic carbocycles. The topological polar surface area (TPSA) is 125 Å². The summed E-state index contributed by atoms with van der Waals surface area (Å²) in [5, 5.41) is 24.6. The summed E-state index contributed by atoms with van der Waals surface area (Å²) in [5.41, 5.74) is 1.67. The molecule has 0 spiro atoms. The molecule has 0 fully saturated rings. The number of allylic oxidation sites excluding steroid dienone is 1. The minimum absolute atomic E-state index is 0.00146. The maximum absolute atomic E-state index is 13.7. The largest absolute Gasteiger partial charge is 0.493 e. The zero-order valence-electron chi connectivity index (χ0n) is 23.2. The third kappa shape index (κ3) is 6.65. The number of nitrogens with zero attached hydrogens (tertiary/aromatic N) is 1. The minimum Gasteiger partial charge on any atom is -0.493 e. The average Bonchev–Trinajstić information content (AvgIpc) is 3.37. The smallest absolute Gasteiger partial charge is 0.247 e. The van der Waals surface area contributed by atoms with Gasteiger partial charge in [-0.2, -0.15) is 0 Å². The molecule has 4 atom stereocenters. The Morgan fingerprint density at radius 3 is 2.67 bits per heavy atom. The SMILES string of the molecule is C=CCCCCC(=O)N(Cc1ccc(Cl)cc1Cl)C1C=C(C(=O)NCCO)C2c3cc(C=O)cc(OC)c3OC2C1O. The second kappa shape index (κ2) is 14.2. The summed E-state index contributed by atoms with van der Waals surface area (Å²) in [4.78, 5) is 40.4. The Morgan fingerprint density at radius 1 is 1.21 bits per heavy atom. The van der Waals surface area contributed by atoms with Crippen LogP contribution >= 0.6 is 23.2 Å². The number of fused-ring (bicyclic) bond motifs is 3. The molecular weight excluding hydrogens is 583 g/mol. The fraction of sp³-hybridized carbons (Fsp3) is 0.387. The van der Waals surface area contributed by atoms with Gasteiger partial charge in [-0.25, -0.2) is 0 Å². The van der Waals surface area contributed by atoms with E-state index in [2.05, 4.69) is 11.9 Å². The number of ether oxygens (including phenoxy) is 2. The number of aliphatic hydroxyl groups excluding tert-OH is 2. The van der Waals surface area contributed by atoms with Gasteiger partial charge in [0.05, 0.1) is 25.7 Å². The molecule has 11 heteroatoms. The summed E-state index contributed by atoms with van der Waals surface area (Å²) in [6.07, 6.45) is 4.13. The molecular formula is C31H34Cl2N2O7. The summed E-state index contributed by atoms with van der Waals surface area (Å²) >= 11 is 12.6. The predicted molar refractivity (Wildman–Crippen MR) is 159 cm³/mol. The van der Waals surface area contributed by atoms with Gasteiger partial charge in [-0.1, -0.05) is 35.3 Å². The lowest BCUT2D eigenvalue weighted by molar-refractivity contribution is -0.138. The van der Waals surface area contributed by atoms with E-state index in [0.717, 1.165) is 12.8 Å². The molecule has 0 bridgehead atoms. The number of unbranched alkanes of at least 4 members (excludes halogenated alkanes) is 2. The molecule has 9 nitrogen and oxygen atoms in total. The third-order valence-corrected chi connectivity index (χ3v) is 8.08. The normalized spacial score (nSPS) is 20.5. The van der Waals surface area contributed by atoms with Gasteiger partial charge in [-0.3, -0.25) is 14.4 Å². The first kappa shape index (κ1) is 31.6. The van der Waals surface area contributed by atoms with Gasteiger partial charge < -0.3 is 29.9 Å². The lowest BCUT2D eigenvalue weighted by Crippen LogP contribution is -2.55. The summed E-state index contributed by atoms with van der Waals surface area (Å²) in [6, 6.07) is 7.11. The number of benzene rings is 2. The van der Waals surface area contributed by atoms with E-state index in [0.29, 0.717) is 45.2 Å². The minimum atomic E-state index is -1.26. The molecule has 2 aromatic rings.